The smallest absolute Gasteiger partial charge is 0.365 e. The Hall–Kier alpha value is -2.50. The Morgan fingerprint density at radius 1 is 1.24 bits per heavy atom. The van der Waals surface area contributed by atoms with E-state index in [1.807, 2.05) is 11.0 Å². The number of piperidine rings is 1. The molecule has 1 aromatic heterocycles. The van der Waals surface area contributed by atoms with Crippen molar-refractivity contribution in [3.8, 4) is 0 Å². The van der Waals surface area contributed by atoms with Gasteiger partial charge in [-0.15, -0.1) is 0 Å². The third-order valence-corrected chi connectivity index (χ3v) is 8.37. The number of piperazine rings is 1. The van der Waals surface area contributed by atoms with Crippen LogP contribution in [0.1, 0.15) is 30.9 Å². The van der Waals surface area contributed by atoms with Crippen LogP contribution in [0.25, 0.3) is 0 Å². The van der Waals surface area contributed by atoms with Crippen molar-refractivity contribution in [3.05, 3.63) is 52.7 Å². The van der Waals surface area contributed by atoms with Crippen molar-refractivity contribution in [2.24, 2.45) is 0 Å². The van der Waals surface area contributed by atoms with Crippen molar-refractivity contribution in [2.45, 2.75) is 49.5 Å². The number of aryl methyl sites for hydroxylation is 1. The molecule has 2 saturated heterocycles. The lowest BCUT2D eigenvalue weighted by atomic mass is 9.86. The predicted octanol–water partition coefficient (Wildman–Crippen LogP) is 4.13. The molecular formula is C26H31ClF3N5O2S. The zero-order chi connectivity index (χ0) is 27.5. The number of hydrogen-bond acceptors (Lipinski definition) is 6. The van der Waals surface area contributed by atoms with E-state index in [1.165, 1.54) is 5.56 Å². The normalized spacial score (nSPS) is 19.8. The molecule has 0 aliphatic carbocycles. The summed E-state index contributed by atoms with van der Waals surface area (Å²) in [5.41, 5.74) is 0.315. The molecule has 2 amide bonds. The van der Waals surface area contributed by atoms with Gasteiger partial charge in [-0.1, -0.05) is 35.5 Å². The maximum atomic E-state index is 13.8. The molecule has 0 saturated carbocycles. The zero-order valence-corrected chi connectivity index (χ0v) is 22.8. The molecule has 4 rings (SSSR count). The first-order chi connectivity index (χ1) is 18.0. The number of amides is 2. The zero-order valence-electron chi connectivity index (χ0n) is 21.3. The van der Waals surface area contributed by atoms with Gasteiger partial charge in [-0.2, -0.15) is 13.2 Å². The van der Waals surface area contributed by atoms with Crippen molar-refractivity contribution in [2.75, 3.05) is 43.4 Å². The van der Waals surface area contributed by atoms with E-state index >= 15 is 0 Å². The molecule has 0 radical (unpaired) electrons. The highest BCUT2D eigenvalue weighted by Crippen LogP contribution is 2.34. The van der Waals surface area contributed by atoms with Gasteiger partial charge in [0.05, 0.1) is 16.3 Å². The monoisotopic (exact) mass is 569 g/mol. The lowest BCUT2D eigenvalue weighted by molar-refractivity contribution is -0.143. The van der Waals surface area contributed by atoms with Crippen LogP contribution in [0.3, 0.4) is 0 Å². The number of aromatic nitrogens is 1. The van der Waals surface area contributed by atoms with Gasteiger partial charge in [0.1, 0.15) is 10.6 Å². The Kier molecular flexibility index (Phi) is 8.78. The Labute approximate surface area is 229 Å². The van der Waals surface area contributed by atoms with Crippen LogP contribution in [0.15, 0.2) is 41.6 Å². The van der Waals surface area contributed by atoms with Crippen LogP contribution in [0.2, 0.25) is 5.02 Å². The Morgan fingerprint density at radius 3 is 2.61 bits per heavy atom. The van der Waals surface area contributed by atoms with E-state index in [0.717, 1.165) is 23.5 Å². The van der Waals surface area contributed by atoms with Crippen LogP contribution in [0.4, 0.5) is 18.9 Å². The lowest BCUT2D eigenvalue weighted by Gasteiger charge is -2.46. The minimum absolute atomic E-state index is 0.0984. The highest BCUT2D eigenvalue weighted by atomic mass is 35.5. The molecule has 2 N–H and O–H groups in total. The third kappa shape index (κ3) is 6.55. The molecular weight excluding hydrogens is 539 g/mol. The molecule has 0 bridgehead atoms. The van der Waals surface area contributed by atoms with E-state index in [-0.39, 0.29) is 27.8 Å². The fourth-order valence-electron chi connectivity index (χ4n) is 5.00. The number of carbonyl (C=O) groups excluding carboxylic acids is 2. The number of anilines is 1. The fraction of sp³-hybridized carbons (Fsp3) is 0.500. The lowest BCUT2D eigenvalue weighted by Crippen LogP contribution is -2.66. The molecule has 38 heavy (non-hydrogen) atoms. The Balaban J connectivity index is 1.41. The molecule has 1 atom stereocenters. The number of rotatable bonds is 6. The predicted molar refractivity (Wildman–Crippen MR) is 143 cm³/mol. The molecule has 2 aliphatic heterocycles. The maximum absolute atomic E-state index is 13.8. The van der Waals surface area contributed by atoms with Gasteiger partial charge in [-0.3, -0.25) is 9.59 Å². The first-order valence-corrected chi connectivity index (χ1v) is 13.8. The second-order valence-electron chi connectivity index (χ2n) is 9.81. The number of hydrogen-bond donors (Lipinski definition) is 2. The van der Waals surface area contributed by atoms with Crippen LogP contribution in [-0.4, -0.2) is 71.8 Å². The largest absolute Gasteiger partial charge is 0.417 e. The number of alkyl halides is 3. The fourth-order valence-corrected chi connectivity index (χ4v) is 6.00. The van der Waals surface area contributed by atoms with Crippen LogP contribution in [-0.2, 0) is 15.8 Å². The highest BCUT2D eigenvalue weighted by Gasteiger charge is 2.44. The van der Waals surface area contributed by atoms with E-state index < -0.39 is 23.2 Å². The summed E-state index contributed by atoms with van der Waals surface area (Å²) in [7, 11) is 0. The van der Waals surface area contributed by atoms with Crippen molar-refractivity contribution >= 4 is 40.9 Å². The first-order valence-electron chi connectivity index (χ1n) is 12.5. The van der Waals surface area contributed by atoms with E-state index in [9.17, 15) is 22.8 Å². The molecule has 2 aliphatic rings. The van der Waals surface area contributed by atoms with Crippen LogP contribution in [0, 0.1) is 6.92 Å². The van der Waals surface area contributed by atoms with E-state index in [4.69, 9.17) is 11.6 Å². The van der Waals surface area contributed by atoms with Gasteiger partial charge in [-0.25, -0.2) is 4.98 Å². The SMILES string of the molecule is Cc1cccc(N2CCN(C(=O)C3(NC(=O)CSc4ncc(C(F)(F)F)cc4Cl)CCNCC3)CC2C)c1. The van der Waals surface area contributed by atoms with Crippen molar-refractivity contribution in [3.63, 3.8) is 0 Å². The number of halogens is 4. The third-order valence-electron chi connectivity index (χ3n) is 6.97. The van der Waals surface area contributed by atoms with Gasteiger partial charge in [0, 0.05) is 37.6 Å². The molecule has 1 unspecified atom stereocenters. The van der Waals surface area contributed by atoms with Crippen LogP contribution >= 0.6 is 23.4 Å². The number of nitrogens with zero attached hydrogens (tertiary/aromatic N) is 3. The molecule has 1 aromatic carbocycles. The summed E-state index contributed by atoms with van der Waals surface area (Å²) in [6.07, 6.45) is -2.95. The molecule has 2 aromatic rings. The van der Waals surface area contributed by atoms with E-state index in [0.29, 0.717) is 51.8 Å². The topological polar surface area (TPSA) is 77.6 Å². The van der Waals surface area contributed by atoms with Gasteiger partial charge in [0.2, 0.25) is 11.8 Å². The maximum Gasteiger partial charge on any atom is 0.417 e. The van der Waals surface area contributed by atoms with Gasteiger partial charge in [-0.05, 0) is 63.5 Å². The molecule has 3 heterocycles. The van der Waals surface area contributed by atoms with Gasteiger partial charge >= 0.3 is 6.18 Å². The average molecular weight is 570 g/mol. The summed E-state index contributed by atoms with van der Waals surface area (Å²) in [6.45, 7) is 7.09. The molecule has 206 valence electrons. The van der Waals surface area contributed by atoms with Crippen molar-refractivity contribution in [1.82, 2.24) is 20.5 Å². The summed E-state index contributed by atoms with van der Waals surface area (Å²) in [5, 5.41) is 6.16. The van der Waals surface area contributed by atoms with Crippen molar-refractivity contribution in [1.29, 1.82) is 0 Å². The second-order valence-corrected chi connectivity index (χ2v) is 11.2. The summed E-state index contributed by atoms with van der Waals surface area (Å²) < 4.78 is 38.6. The average Bonchev–Trinajstić information content (AvgIpc) is 2.87. The van der Waals surface area contributed by atoms with Crippen LogP contribution < -0.4 is 15.5 Å². The Morgan fingerprint density at radius 2 is 1.97 bits per heavy atom. The molecule has 0 spiro atoms. The summed E-state index contributed by atoms with van der Waals surface area (Å²) in [6, 6.07) is 9.19. The standard InChI is InChI=1S/C26H31ClF3N5O2S/c1-17-4-3-5-20(12-17)35-11-10-34(15-18(35)2)24(37)25(6-8-31-9-7-25)33-22(36)16-38-23-21(27)13-19(14-32-23)26(28,29)30/h3-5,12-14,18,31H,6-11,15-16H2,1-2H3,(H,33,36). The van der Waals surface area contributed by atoms with Crippen LogP contribution in [0.5, 0.6) is 0 Å². The number of pyridine rings is 1. The number of thioether (sulfide) groups is 1. The van der Waals surface area contributed by atoms with E-state index in [1.54, 1.807) is 0 Å². The van der Waals surface area contributed by atoms with Gasteiger partial charge in [0.15, 0.2) is 0 Å². The Bertz CT molecular complexity index is 1180. The first kappa shape index (κ1) is 28.5. The number of carbonyl (C=O) groups is 2. The number of benzene rings is 1. The molecule has 2 fully saturated rings. The second kappa shape index (κ2) is 11.7. The molecule has 12 heteroatoms. The summed E-state index contributed by atoms with van der Waals surface area (Å²) in [5.74, 6) is -0.619. The quantitative estimate of drug-likeness (QED) is 0.510. The minimum atomic E-state index is -4.55. The summed E-state index contributed by atoms with van der Waals surface area (Å²) in [4.78, 5) is 34.7. The van der Waals surface area contributed by atoms with E-state index in [2.05, 4.69) is 52.6 Å². The van der Waals surface area contributed by atoms with Gasteiger partial charge in [0.25, 0.3) is 0 Å². The summed E-state index contributed by atoms with van der Waals surface area (Å²) >= 11 is 6.92. The highest BCUT2D eigenvalue weighted by molar-refractivity contribution is 8.00. The van der Waals surface area contributed by atoms with Crippen molar-refractivity contribution < 1.29 is 22.8 Å². The minimum Gasteiger partial charge on any atom is -0.365 e. The number of nitrogens with one attached hydrogen (secondary N) is 2. The van der Waals surface area contributed by atoms with Gasteiger partial charge < -0.3 is 20.4 Å². The molecule has 7 nitrogen and oxygen atoms in total.